The molecule has 3 rings (SSSR count). The van der Waals surface area contributed by atoms with E-state index in [1.54, 1.807) is 0 Å². The molecule has 1 heterocycles. The smallest absolute Gasteiger partial charge is 0.214 e. The minimum atomic E-state index is -0.0527. The van der Waals surface area contributed by atoms with Gasteiger partial charge in [0.2, 0.25) is 5.88 Å². The maximum absolute atomic E-state index is 6.05. The maximum Gasteiger partial charge on any atom is 0.214 e. The summed E-state index contributed by atoms with van der Waals surface area (Å²) >= 11 is 6.05. The normalized spacial score (nSPS) is 12.3. The third kappa shape index (κ3) is 3.01. The summed E-state index contributed by atoms with van der Waals surface area (Å²) in [6, 6.07) is 20.0. The number of nitrogens with zero attached hydrogens (tertiary/aromatic N) is 1. The van der Waals surface area contributed by atoms with Crippen LogP contribution in [0.5, 0.6) is 5.88 Å². The zero-order valence-corrected chi connectivity index (χ0v) is 12.5. The van der Waals surface area contributed by atoms with Gasteiger partial charge in [-0.25, -0.2) is 4.98 Å². The molecule has 2 nitrogen and oxygen atoms in total. The summed E-state index contributed by atoms with van der Waals surface area (Å²) in [4.78, 5) is 4.57. The number of fused-ring (bicyclic) bond motifs is 1. The van der Waals surface area contributed by atoms with Crippen molar-refractivity contribution in [1.29, 1.82) is 0 Å². The number of pyridine rings is 1. The predicted molar refractivity (Wildman–Crippen MR) is 86.8 cm³/mol. The van der Waals surface area contributed by atoms with Crippen molar-refractivity contribution in [3.05, 3.63) is 71.8 Å². The van der Waals surface area contributed by atoms with E-state index in [-0.39, 0.29) is 6.10 Å². The maximum atomic E-state index is 6.05. The molecule has 0 saturated heterocycles. The van der Waals surface area contributed by atoms with Gasteiger partial charge in [0.1, 0.15) is 6.10 Å². The van der Waals surface area contributed by atoms with E-state index in [0.29, 0.717) is 11.8 Å². The standard InChI is InChI=1S/C18H16ClNO/c1-13(14-7-3-2-4-8-14)21-18-11-15(12-19)16-9-5-6-10-17(16)20-18/h2-11,13H,12H2,1H3. The highest BCUT2D eigenvalue weighted by molar-refractivity contribution is 6.18. The number of hydrogen-bond donors (Lipinski definition) is 0. The van der Waals surface area contributed by atoms with Crippen LogP contribution in [0.3, 0.4) is 0 Å². The van der Waals surface area contributed by atoms with Crippen molar-refractivity contribution >= 4 is 22.5 Å². The third-order valence-corrected chi connectivity index (χ3v) is 3.78. The summed E-state index contributed by atoms with van der Waals surface area (Å²) in [6.07, 6.45) is -0.0527. The zero-order valence-electron chi connectivity index (χ0n) is 11.8. The lowest BCUT2D eigenvalue weighted by atomic mass is 10.1. The molecular weight excluding hydrogens is 282 g/mol. The first-order chi connectivity index (χ1) is 10.3. The van der Waals surface area contributed by atoms with Gasteiger partial charge in [-0.3, -0.25) is 0 Å². The minimum Gasteiger partial charge on any atom is -0.470 e. The average Bonchev–Trinajstić information content (AvgIpc) is 2.55. The van der Waals surface area contributed by atoms with Crippen LogP contribution in [0, 0.1) is 0 Å². The SMILES string of the molecule is CC(Oc1cc(CCl)c2ccccc2n1)c1ccccc1. The van der Waals surface area contributed by atoms with Crippen LogP contribution in [0.4, 0.5) is 0 Å². The molecule has 0 amide bonds. The van der Waals surface area contributed by atoms with E-state index in [0.717, 1.165) is 22.0 Å². The molecule has 0 bridgehead atoms. The van der Waals surface area contributed by atoms with Crippen molar-refractivity contribution in [3.63, 3.8) is 0 Å². The van der Waals surface area contributed by atoms with Crippen molar-refractivity contribution in [3.8, 4) is 5.88 Å². The van der Waals surface area contributed by atoms with Crippen LogP contribution in [-0.2, 0) is 5.88 Å². The largest absolute Gasteiger partial charge is 0.470 e. The number of aromatic nitrogens is 1. The number of para-hydroxylation sites is 1. The molecule has 1 unspecified atom stereocenters. The average molecular weight is 298 g/mol. The van der Waals surface area contributed by atoms with E-state index < -0.39 is 0 Å². The summed E-state index contributed by atoms with van der Waals surface area (Å²) in [5, 5.41) is 1.08. The summed E-state index contributed by atoms with van der Waals surface area (Å²) in [5.41, 5.74) is 3.07. The van der Waals surface area contributed by atoms with Crippen LogP contribution in [-0.4, -0.2) is 4.98 Å². The summed E-state index contributed by atoms with van der Waals surface area (Å²) in [6.45, 7) is 2.02. The molecule has 106 valence electrons. The molecular formula is C18H16ClNO. The lowest BCUT2D eigenvalue weighted by Gasteiger charge is -2.15. The third-order valence-electron chi connectivity index (χ3n) is 3.49. The van der Waals surface area contributed by atoms with E-state index >= 15 is 0 Å². The first kappa shape index (κ1) is 13.9. The van der Waals surface area contributed by atoms with Gasteiger partial charge < -0.3 is 4.74 Å². The molecule has 2 aromatic carbocycles. The Hall–Kier alpha value is -2.06. The van der Waals surface area contributed by atoms with Gasteiger partial charge in [0.15, 0.2) is 0 Å². The second-order valence-corrected chi connectivity index (χ2v) is 5.21. The zero-order chi connectivity index (χ0) is 14.7. The van der Waals surface area contributed by atoms with E-state index in [1.165, 1.54) is 0 Å². The Morgan fingerprint density at radius 2 is 1.76 bits per heavy atom. The second kappa shape index (κ2) is 6.15. The van der Waals surface area contributed by atoms with Crippen molar-refractivity contribution in [1.82, 2.24) is 4.98 Å². The molecule has 0 radical (unpaired) electrons. The summed E-state index contributed by atoms with van der Waals surface area (Å²) in [5.74, 6) is 1.06. The van der Waals surface area contributed by atoms with Gasteiger partial charge in [-0.1, -0.05) is 48.5 Å². The molecule has 1 aromatic heterocycles. The quantitative estimate of drug-likeness (QED) is 0.624. The van der Waals surface area contributed by atoms with Gasteiger partial charge in [-0.2, -0.15) is 0 Å². The van der Waals surface area contributed by atoms with Crippen molar-refractivity contribution in [2.45, 2.75) is 18.9 Å². The minimum absolute atomic E-state index is 0.0527. The molecule has 3 heteroatoms. The van der Waals surface area contributed by atoms with Gasteiger partial charge >= 0.3 is 0 Å². The van der Waals surface area contributed by atoms with Gasteiger partial charge in [-0.15, -0.1) is 11.6 Å². The number of benzene rings is 2. The Morgan fingerprint density at radius 1 is 1.05 bits per heavy atom. The van der Waals surface area contributed by atoms with E-state index in [4.69, 9.17) is 16.3 Å². The van der Waals surface area contributed by atoms with Crippen LogP contribution in [0.25, 0.3) is 10.9 Å². The van der Waals surface area contributed by atoms with E-state index in [1.807, 2.05) is 67.6 Å². The van der Waals surface area contributed by atoms with Crippen LogP contribution < -0.4 is 4.74 Å². The van der Waals surface area contributed by atoms with Gasteiger partial charge in [0, 0.05) is 17.3 Å². The molecule has 3 aromatic rings. The lowest BCUT2D eigenvalue weighted by molar-refractivity contribution is 0.218. The van der Waals surface area contributed by atoms with Gasteiger partial charge in [0.05, 0.1) is 5.52 Å². The van der Waals surface area contributed by atoms with Crippen molar-refractivity contribution in [2.75, 3.05) is 0 Å². The monoisotopic (exact) mass is 297 g/mol. The lowest BCUT2D eigenvalue weighted by Crippen LogP contribution is -2.04. The Kier molecular flexibility index (Phi) is 4.07. The van der Waals surface area contributed by atoms with Crippen LogP contribution in [0.2, 0.25) is 0 Å². The highest BCUT2D eigenvalue weighted by Gasteiger charge is 2.10. The highest BCUT2D eigenvalue weighted by atomic mass is 35.5. The van der Waals surface area contributed by atoms with Crippen molar-refractivity contribution in [2.24, 2.45) is 0 Å². The van der Waals surface area contributed by atoms with Crippen LogP contribution in [0.15, 0.2) is 60.7 Å². The van der Waals surface area contributed by atoms with Crippen molar-refractivity contribution < 1.29 is 4.74 Å². The number of rotatable bonds is 4. The predicted octanol–water partition coefficient (Wildman–Crippen LogP) is 5.11. The number of ether oxygens (including phenoxy) is 1. The van der Waals surface area contributed by atoms with Gasteiger partial charge in [0.25, 0.3) is 0 Å². The van der Waals surface area contributed by atoms with E-state index in [9.17, 15) is 0 Å². The Labute approximate surface area is 129 Å². The molecule has 0 spiro atoms. The number of alkyl halides is 1. The topological polar surface area (TPSA) is 22.1 Å². The first-order valence-corrected chi connectivity index (χ1v) is 7.47. The summed E-state index contributed by atoms with van der Waals surface area (Å²) < 4.78 is 5.98. The Balaban J connectivity index is 1.94. The molecule has 0 N–H and O–H groups in total. The van der Waals surface area contributed by atoms with Gasteiger partial charge in [-0.05, 0) is 24.1 Å². The highest BCUT2D eigenvalue weighted by Crippen LogP contribution is 2.26. The molecule has 0 aliphatic rings. The summed E-state index contributed by atoms with van der Waals surface area (Å²) in [7, 11) is 0. The molecule has 0 aliphatic carbocycles. The first-order valence-electron chi connectivity index (χ1n) is 6.94. The second-order valence-electron chi connectivity index (χ2n) is 4.94. The fourth-order valence-corrected chi connectivity index (χ4v) is 2.59. The van der Waals surface area contributed by atoms with Crippen LogP contribution in [0.1, 0.15) is 24.2 Å². The molecule has 21 heavy (non-hydrogen) atoms. The molecule has 0 aliphatic heterocycles. The fraction of sp³-hybridized carbons (Fsp3) is 0.167. The molecule has 0 saturated carbocycles. The number of hydrogen-bond acceptors (Lipinski definition) is 2. The van der Waals surface area contributed by atoms with E-state index in [2.05, 4.69) is 4.98 Å². The Morgan fingerprint density at radius 3 is 2.52 bits per heavy atom. The molecule has 1 atom stereocenters. The Bertz CT molecular complexity index is 743. The number of halogens is 1. The fourth-order valence-electron chi connectivity index (χ4n) is 2.36. The molecule has 0 fully saturated rings. The van der Waals surface area contributed by atoms with Crippen LogP contribution >= 0.6 is 11.6 Å².